The van der Waals surface area contributed by atoms with Gasteiger partial charge in [-0.3, -0.25) is 0 Å². The van der Waals surface area contributed by atoms with Crippen LogP contribution in [0.15, 0.2) is 0 Å². The fourth-order valence-electron chi connectivity index (χ4n) is 2.24. The standard InChI is InChI=1S/C12H19N3OS/c1-8-10(5-7-16-8)12-15-14-11(17-12)4-6-13-9-2-3-9/h8-10,13H,2-7H2,1H3. The fraction of sp³-hybridized carbons (Fsp3) is 0.833. The Bertz CT molecular complexity index is 378. The van der Waals surface area contributed by atoms with E-state index in [4.69, 9.17) is 4.74 Å². The second-order valence-corrected chi connectivity index (χ2v) is 6.08. The van der Waals surface area contributed by atoms with Crippen LogP contribution in [0.3, 0.4) is 0 Å². The van der Waals surface area contributed by atoms with E-state index in [9.17, 15) is 0 Å². The van der Waals surface area contributed by atoms with Gasteiger partial charge in [-0.15, -0.1) is 21.5 Å². The summed E-state index contributed by atoms with van der Waals surface area (Å²) < 4.78 is 5.58. The van der Waals surface area contributed by atoms with Crippen LogP contribution >= 0.6 is 11.3 Å². The van der Waals surface area contributed by atoms with Crippen molar-refractivity contribution in [3.05, 3.63) is 10.0 Å². The van der Waals surface area contributed by atoms with E-state index in [0.717, 1.165) is 42.1 Å². The van der Waals surface area contributed by atoms with Gasteiger partial charge in [0.25, 0.3) is 0 Å². The lowest BCUT2D eigenvalue weighted by molar-refractivity contribution is 0.118. The normalized spacial score (nSPS) is 28.8. The van der Waals surface area contributed by atoms with Gasteiger partial charge in [-0.2, -0.15) is 0 Å². The van der Waals surface area contributed by atoms with E-state index in [0.29, 0.717) is 12.0 Å². The van der Waals surface area contributed by atoms with E-state index >= 15 is 0 Å². The Labute approximate surface area is 106 Å². The van der Waals surface area contributed by atoms with E-state index in [2.05, 4.69) is 22.4 Å². The Morgan fingerprint density at radius 2 is 2.24 bits per heavy atom. The number of nitrogens with one attached hydrogen (secondary N) is 1. The Hall–Kier alpha value is -0.520. The van der Waals surface area contributed by atoms with Gasteiger partial charge in [0.2, 0.25) is 0 Å². The molecule has 1 aliphatic heterocycles. The first kappa shape index (κ1) is 11.6. The largest absolute Gasteiger partial charge is 0.378 e. The summed E-state index contributed by atoms with van der Waals surface area (Å²) in [6.07, 6.45) is 5.10. The second kappa shape index (κ2) is 5.00. The van der Waals surface area contributed by atoms with Crippen molar-refractivity contribution in [1.82, 2.24) is 15.5 Å². The van der Waals surface area contributed by atoms with Crippen molar-refractivity contribution in [2.75, 3.05) is 13.2 Å². The van der Waals surface area contributed by atoms with Crippen molar-refractivity contribution < 1.29 is 4.74 Å². The second-order valence-electron chi connectivity index (χ2n) is 4.98. The lowest BCUT2D eigenvalue weighted by Crippen LogP contribution is -2.19. The molecule has 94 valence electrons. The highest BCUT2D eigenvalue weighted by Crippen LogP contribution is 2.32. The molecular weight excluding hydrogens is 234 g/mol. The smallest absolute Gasteiger partial charge is 0.123 e. The van der Waals surface area contributed by atoms with E-state index in [1.807, 2.05) is 0 Å². The highest BCUT2D eigenvalue weighted by atomic mass is 32.1. The summed E-state index contributed by atoms with van der Waals surface area (Å²) in [5.74, 6) is 0.470. The van der Waals surface area contributed by atoms with Gasteiger partial charge < -0.3 is 10.1 Å². The zero-order valence-electron chi connectivity index (χ0n) is 10.2. The molecule has 2 fully saturated rings. The van der Waals surface area contributed by atoms with Gasteiger partial charge in [0.1, 0.15) is 10.0 Å². The fourth-order valence-corrected chi connectivity index (χ4v) is 3.31. The number of hydrogen-bond acceptors (Lipinski definition) is 5. The molecule has 1 saturated heterocycles. The van der Waals surface area contributed by atoms with Crippen LogP contribution in [0.4, 0.5) is 0 Å². The van der Waals surface area contributed by atoms with Crippen LogP contribution in [0.1, 0.15) is 42.1 Å². The molecule has 0 spiro atoms. The van der Waals surface area contributed by atoms with Gasteiger partial charge in [0.05, 0.1) is 6.10 Å². The van der Waals surface area contributed by atoms with Crippen molar-refractivity contribution in [2.24, 2.45) is 0 Å². The zero-order valence-corrected chi connectivity index (χ0v) is 11.0. The number of rotatable bonds is 5. The number of ether oxygens (including phenoxy) is 1. The maximum Gasteiger partial charge on any atom is 0.123 e. The average molecular weight is 253 g/mol. The third kappa shape index (κ3) is 2.84. The van der Waals surface area contributed by atoms with Crippen LogP contribution in [0.25, 0.3) is 0 Å². The molecule has 2 aliphatic rings. The summed E-state index contributed by atoms with van der Waals surface area (Å²) >= 11 is 1.76. The minimum Gasteiger partial charge on any atom is -0.378 e. The SMILES string of the molecule is CC1OCCC1c1nnc(CCNC2CC2)s1. The maximum atomic E-state index is 5.58. The lowest BCUT2D eigenvalue weighted by Gasteiger charge is -2.08. The Balaban J connectivity index is 1.53. The summed E-state index contributed by atoms with van der Waals surface area (Å²) in [5.41, 5.74) is 0. The number of nitrogens with zero attached hydrogens (tertiary/aromatic N) is 2. The van der Waals surface area contributed by atoms with Crippen molar-refractivity contribution in [3.63, 3.8) is 0 Å². The van der Waals surface area contributed by atoms with Crippen LogP contribution in [0.2, 0.25) is 0 Å². The monoisotopic (exact) mass is 253 g/mol. The predicted molar refractivity (Wildman–Crippen MR) is 67.4 cm³/mol. The Morgan fingerprint density at radius 3 is 2.94 bits per heavy atom. The van der Waals surface area contributed by atoms with Crippen molar-refractivity contribution in [3.8, 4) is 0 Å². The van der Waals surface area contributed by atoms with Crippen molar-refractivity contribution >= 4 is 11.3 Å². The third-order valence-corrected chi connectivity index (χ3v) is 4.64. The first-order valence-electron chi connectivity index (χ1n) is 6.50. The molecule has 1 N–H and O–H groups in total. The quantitative estimate of drug-likeness (QED) is 0.868. The highest BCUT2D eigenvalue weighted by molar-refractivity contribution is 7.11. The van der Waals surface area contributed by atoms with Crippen LogP contribution in [-0.2, 0) is 11.2 Å². The zero-order chi connectivity index (χ0) is 11.7. The molecule has 2 unspecified atom stereocenters. The Morgan fingerprint density at radius 1 is 1.35 bits per heavy atom. The highest BCUT2D eigenvalue weighted by Gasteiger charge is 2.29. The molecule has 2 heterocycles. The molecule has 0 amide bonds. The van der Waals surface area contributed by atoms with Crippen LogP contribution in [0, 0.1) is 0 Å². The predicted octanol–water partition coefficient (Wildman–Crippen LogP) is 1.72. The number of aromatic nitrogens is 2. The van der Waals surface area contributed by atoms with E-state index in [1.54, 1.807) is 11.3 Å². The molecule has 0 radical (unpaired) electrons. The van der Waals surface area contributed by atoms with Crippen LogP contribution in [0.5, 0.6) is 0 Å². The Kier molecular flexibility index (Phi) is 3.40. The van der Waals surface area contributed by atoms with Crippen LogP contribution < -0.4 is 5.32 Å². The van der Waals surface area contributed by atoms with E-state index in [-0.39, 0.29) is 0 Å². The van der Waals surface area contributed by atoms with Crippen molar-refractivity contribution in [1.29, 1.82) is 0 Å². The van der Waals surface area contributed by atoms with Gasteiger partial charge in [0, 0.05) is 31.5 Å². The molecule has 17 heavy (non-hydrogen) atoms. The molecule has 3 rings (SSSR count). The van der Waals surface area contributed by atoms with Crippen molar-refractivity contribution in [2.45, 2.75) is 50.7 Å². The summed E-state index contributed by atoms with van der Waals surface area (Å²) in [7, 11) is 0. The van der Waals surface area contributed by atoms with Gasteiger partial charge in [-0.1, -0.05) is 0 Å². The average Bonchev–Trinajstić information content (AvgIpc) is 2.85. The molecule has 0 bridgehead atoms. The first-order chi connectivity index (χ1) is 8.33. The molecular formula is C12H19N3OS. The minimum atomic E-state index is 0.306. The molecule has 2 atom stereocenters. The molecule has 1 aliphatic carbocycles. The van der Waals surface area contributed by atoms with Gasteiger partial charge in [0.15, 0.2) is 0 Å². The maximum absolute atomic E-state index is 5.58. The van der Waals surface area contributed by atoms with Gasteiger partial charge in [-0.25, -0.2) is 0 Å². The van der Waals surface area contributed by atoms with Gasteiger partial charge >= 0.3 is 0 Å². The summed E-state index contributed by atoms with van der Waals surface area (Å²) in [6.45, 7) is 4.04. The van der Waals surface area contributed by atoms with Gasteiger partial charge in [-0.05, 0) is 26.2 Å². The van der Waals surface area contributed by atoms with E-state index < -0.39 is 0 Å². The summed E-state index contributed by atoms with van der Waals surface area (Å²) in [6, 6.07) is 0.783. The molecule has 1 aromatic rings. The summed E-state index contributed by atoms with van der Waals surface area (Å²) in [5, 5.41) is 14.4. The summed E-state index contributed by atoms with van der Waals surface area (Å²) in [4.78, 5) is 0. The minimum absolute atomic E-state index is 0.306. The molecule has 1 saturated carbocycles. The van der Waals surface area contributed by atoms with E-state index in [1.165, 1.54) is 12.8 Å². The molecule has 5 heteroatoms. The lowest BCUT2D eigenvalue weighted by atomic mass is 10.0. The number of hydrogen-bond donors (Lipinski definition) is 1. The third-order valence-electron chi connectivity index (χ3n) is 3.53. The molecule has 4 nitrogen and oxygen atoms in total. The molecule has 1 aromatic heterocycles. The first-order valence-corrected chi connectivity index (χ1v) is 7.32. The topological polar surface area (TPSA) is 47.0 Å². The van der Waals surface area contributed by atoms with Crippen LogP contribution in [-0.4, -0.2) is 35.5 Å². The molecule has 0 aromatic carbocycles.